The molecule has 1 aromatic heterocycles. The van der Waals surface area contributed by atoms with Crippen LogP contribution in [0.1, 0.15) is 33.2 Å². The van der Waals surface area contributed by atoms with Gasteiger partial charge in [-0.2, -0.15) is 0 Å². The topological polar surface area (TPSA) is 93.1 Å². The van der Waals surface area contributed by atoms with Crippen LogP contribution >= 0.6 is 0 Å². The molecule has 4 rings (SSSR count). The molecule has 2 aliphatic rings. The van der Waals surface area contributed by atoms with Crippen LogP contribution in [-0.4, -0.2) is 44.7 Å². The number of carbonyl (C=O) groups is 3. The van der Waals surface area contributed by atoms with Crippen LogP contribution in [0.25, 0.3) is 10.9 Å². The summed E-state index contributed by atoms with van der Waals surface area (Å²) in [5, 5.41) is 3.73. The van der Waals surface area contributed by atoms with Crippen LogP contribution < -0.4 is 5.32 Å². The normalized spacial score (nSPS) is 19.3. The Balaban J connectivity index is 1.48. The minimum absolute atomic E-state index is 0.0966. The Morgan fingerprint density at radius 3 is 2.42 bits per heavy atom. The highest BCUT2D eigenvalue weighted by molar-refractivity contribution is 5.97. The van der Waals surface area contributed by atoms with Gasteiger partial charge < -0.3 is 14.8 Å². The van der Waals surface area contributed by atoms with Gasteiger partial charge in [0.15, 0.2) is 0 Å². The van der Waals surface area contributed by atoms with Crippen LogP contribution in [0.2, 0.25) is 0 Å². The van der Waals surface area contributed by atoms with Crippen molar-refractivity contribution in [2.24, 2.45) is 0 Å². The molecule has 2 aromatic rings. The number of benzene rings is 1. The molecule has 2 amide bonds. The SMILES string of the molecule is CC(C)(C)N1C=CC(n2ccc3cc(NC(=O)N4OC(=O)C=CC(=O)O4)ccc32)CC1. The summed E-state index contributed by atoms with van der Waals surface area (Å²) in [7, 11) is 0. The number of aromatic nitrogens is 1. The van der Waals surface area contributed by atoms with Gasteiger partial charge in [0.25, 0.3) is 0 Å². The molecule has 1 unspecified atom stereocenters. The lowest BCUT2D eigenvalue weighted by molar-refractivity contribution is -0.280. The van der Waals surface area contributed by atoms with E-state index in [2.05, 4.69) is 57.5 Å². The van der Waals surface area contributed by atoms with Crippen LogP contribution in [0, 0.1) is 0 Å². The number of hydroxylamine groups is 2. The summed E-state index contributed by atoms with van der Waals surface area (Å²) in [5.74, 6) is -1.78. The van der Waals surface area contributed by atoms with Crippen molar-refractivity contribution in [1.82, 2.24) is 14.7 Å². The van der Waals surface area contributed by atoms with Gasteiger partial charge in [-0.3, -0.25) is 9.68 Å². The quantitative estimate of drug-likeness (QED) is 0.793. The van der Waals surface area contributed by atoms with Crippen molar-refractivity contribution >= 4 is 34.6 Å². The fourth-order valence-electron chi connectivity index (χ4n) is 3.60. The van der Waals surface area contributed by atoms with Gasteiger partial charge >= 0.3 is 18.0 Å². The standard InChI is InChI=1S/C22H24N4O5/c1-22(2,3)24-11-9-17(10-12-24)25-13-8-15-14-16(4-5-18(15)25)23-21(29)26-30-19(27)6-7-20(28)31-26/h4-9,11,13-14,17H,10,12H2,1-3H3,(H,23,29). The molecule has 0 aliphatic carbocycles. The van der Waals surface area contributed by atoms with E-state index in [1.807, 2.05) is 18.3 Å². The smallest absolute Gasteiger partial charge is 0.373 e. The minimum Gasteiger partial charge on any atom is -0.373 e. The second-order valence-electron chi connectivity index (χ2n) is 8.40. The van der Waals surface area contributed by atoms with Gasteiger partial charge in [-0.05, 0) is 63.7 Å². The zero-order valence-corrected chi connectivity index (χ0v) is 17.6. The summed E-state index contributed by atoms with van der Waals surface area (Å²) in [6.45, 7) is 7.56. The van der Waals surface area contributed by atoms with E-state index in [1.165, 1.54) is 0 Å². The van der Waals surface area contributed by atoms with Gasteiger partial charge in [-0.25, -0.2) is 14.4 Å². The zero-order valence-electron chi connectivity index (χ0n) is 17.6. The third-order valence-corrected chi connectivity index (χ3v) is 5.21. The molecule has 0 spiro atoms. The number of amides is 2. The van der Waals surface area contributed by atoms with Crippen LogP contribution in [0.4, 0.5) is 10.5 Å². The number of hydrogen-bond acceptors (Lipinski definition) is 6. The number of hydrogen-bond donors (Lipinski definition) is 1. The van der Waals surface area contributed by atoms with Gasteiger partial charge in [-0.15, -0.1) is 0 Å². The summed E-state index contributed by atoms with van der Waals surface area (Å²) >= 11 is 0. The molecule has 1 N–H and O–H groups in total. The number of fused-ring (bicyclic) bond motifs is 1. The largest absolute Gasteiger partial charge is 0.393 e. The number of urea groups is 1. The van der Waals surface area contributed by atoms with Gasteiger partial charge in [-0.1, -0.05) is 0 Å². The highest BCUT2D eigenvalue weighted by atomic mass is 17.0. The van der Waals surface area contributed by atoms with E-state index in [0.29, 0.717) is 5.69 Å². The monoisotopic (exact) mass is 424 g/mol. The van der Waals surface area contributed by atoms with E-state index in [1.54, 1.807) is 12.1 Å². The lowest BCUT2D eigenvalue weighted by Gasteiger charge is -2.38. The highest BCUT2D eigenvalue weighted by Gasteiger charge is 2.26. The molecule has 0 bridgehead atoms. The Labute approximate surface area is 179 Å². The maximum absolute atomic E-state index is 12.3. The van der Waals surface area contributed by atoms with Crippen molar-refractivity contribution in [1.29, 1.82) is 0 Å². The average molecular weight is 424 g/mol. The lowest BCUT2D eigenvalue weighted by atomic mass is 10.0. The van der Waals surface area contributed by atoms with Crippen molar-refractivity contribution in [3.05, 3.63) is 54.9 Å². The molecular formula is C22H24N4O5. The van der Waals surface area contributed by atoms with Crippen LogP contribution in [0.15, 0.2) is 54.9 Å². The molecule has 1 atom stereocenters. The molecule has 0 saturated carbocycles. The van der Waals surface area contributed by atoms with Crippen molar-refractivity contribution in [3.63, 3.8) is 0 Å². The predicted octanol–water partition coefficient (Wildman–Crippen LogP) is 3.52. The van der Waals surface area contributed by atoms with E-state index >= 15 is 0 Å². The van der Waals surface area contributed by atoms with Crippen LogP contribution in [0.3, 0.4) is 0 Å². The average Bonchev–Trinajstić information content (AvgIpc) is 3.06. The molecule has 0 radical (unpaired) electrons. The first-order valence-corrected chi connectivity index (χ1v) is 9.99. The Morgan fingerprint density at radius 2 is 1.81 bits per heavy atom. The van der Waals surface area contributed by atoms with E-state index in [9.17, 15) is 14.4 Å². The number of rotatable bonds is 2. The molecule has 31 heavy (non-hydrogen) atoms. The summed E-state index contributed by atoms with van der Waals surface area (Å²) < 4.78 is 2.21. The molecule has 2 aliphatic heterocycles. The van der Waals surface area contributed by atoms with Crippen molar-refractivity contribution < 1.29 is 24.1 Å². The maximum atomic E-state index is 12.3. The van der Waals surface area contributed by atoms with Crippen molar-refractivity contribution in [3.8, 4) is 0 Å². The number of anilines is 1. The molecule has 1 aromatic carbocycles. The Bertz CT molecular complexity index is 1080. The number of nitrogens with zero attached hydrogens (tertiary/aromatic N) is 3. The van der Waals surface area contributed by atoms with Gasteiger partial charge in [0.2, 0.25) is 0 Å². The van der Waals surface area contributed by atoms with Gasteiger partial charge in [0.05, 0.1) is 6.04 Å². The molecule has 0 fully saturated rings. The fraction of sp³-hybridized carbons (Fsp3) is 0.318. The summed E-state index contributed by atoms with van der Waals surface area (Å²) in [4.78, 5) is 46.8. The minimum atomic E-state index is -0.901. The maximum Gasteiger partial charge on any atom is 0.393 e. The van der Waals surface area contributed by atoms with Crippen molar-refractivity contribution in [2.75, 3.05) is 11.9 Å². The summed E-state index contributed by atoms with van der Waals surface area (Å²) in [5.41, 5.74) is 1.60. The van der Waals surface area contributed by atoms with Crippen LogP contribution in [0.5, 0.6) is 0 Å². The molecule has 3 heterocycles. The zero-order chi connectivity index (χ0) is 22.2. The van der Waals surface area contributed by atoms with E-state index < -0.39 is 18.0 Å². The summed E-state index contributed by atoms with van der Waals surface area (Å²) in [6, 6.07) is 6.78. The molecule has 9 heteroatoms. The van der Waals surface area contributed by atoms with E-state index in [-0.39, 0.29) is 16.8 Å². The first kappa shape index (κ1) is 20.5. The fourth-order valence-corrected chi connectivity index (χ4v) is 3.60. The van der Waals surface area contributed by atoms with Gasteiger partial charge in [0.1, 0.15) is 0 Å². The lowest BCUT2D eigenvalue weighted by Crippen LogP contribution is -2.40. The second-order valence-corrected chi connectivity index (χ2v) is 8.40. The first-order chi connectivity index (χ1) is 14.7. The summed E-state index contributed by atoms with van der Waals surface area (Å²) in [6.07, 6.45) is 9.15. The number of carbonyl (C=O) groups excluding carboxylic acids is 3. The molecule has 162 valence electrons. The Hall–Kier alpha value is -3.75. The third kappa shape index (κ3) is 4.40. The van der Waals surface area contributed by atoms with Crippen molar-refractivity contribution in [2.45, 2.75) is 38.8 Å². The number of nitrogens with one attached hydrogen (secondary N) is 1. The first-order valence-electron chi connectivity index (χ1n) is 9.99. The Kier molecular flexibility index (Phi) is 5.18. The Morgan fingerprint density at radius 1 is 1.10 bits per heavy atom. The molecule has 0 saturated heterocycles. The number of allylic oxidation sites excluding steroid dienone is 1. The third-order valence-electron chi connectivity index (χ3n) is 5.21. The van der Waals surface area contributed by atoms with E-state index in [0.717, 1.165) is 36.0 Å². The highest BCUT2D eigenvalue weighted by Crippen LogP contribution is 2.29. The molecule has 9 nitrogen and oxygen atoms in total. The van der Waals surface area contributed by atoms with Gasteiger partial charge in [0, 0.05) is 52.2 Å². The predicted molar refractivity (Wildman–Crippen MR) is 113 cm³/mol. The second kappa shape index (κ2) is 7.82. The molecular weight excluding hydrogens is 400 g/mol. The van der Waals surface area contributed by atoms with Crippen LogP contribution in [-0.2, 0) is 19.3 Å². The van der Waals surface area contributed by atoms with E-state index in [4.69, 9.17) is 0 Å².